The van der Waals surface area contributed by atoms with Gasteiger partial charge in [0.2, 0.25) is 0 Å². The van der Waals surface area contributed by atoms with Gasteiger partial charge >= 0.3 is 0 Å². The number of nitrogens with two attached hydrogens (primary N) is 1. The van der Waals surface area contributed by atoms with Crippen LogP contribution in [0.25, 0.3) is 0 Å². The van der Waals surface area contributed by atoms with Gasteiger partial charge in [0, 0.05) is 30.7 Å². The van der Waals surface area contributed by atoms with Crippen LogP contribution >= 0.6 is 11.3 Å². The van der Waals surface area contributed by atoms with Gasteiger partial charge in [0.25, 0.3) is 0 Å². The molecule has 2 aromatic rings. The summed E-state index contributed by atoms with van der Waals surface area (Å²) in [6, 6.07) is 7.23. The Morgan fingerprint density at radius 3 is 2.90 bits per heavy atom. The second-order valence-electron chi connectivity index (χ2n) is 4.80. The van der Waals surface area contributed by atoms with Gasteiger partial charge in [0.05, 0.1) is 10.6 Å². The monoisotopic (exact) mass is 309 g/mol. The number of aromatic nitrogens is 1. The molecule has 1 aliphatic rings. The maximum Gasteiger partial charge on any atom is 0.180 e. The third kappa shape index (κ3) is 2.70. The first-order chi connectivity index (χ1) is 9.54. The Morgan fingerprint density at radius 2 is 2.15 bits per heavy atom. The summed E-state index contributed by atoms with van der Waals surface area (Å²) >= 11 is 1.44. The van der Waals surface area contributed by atoms with Gasteiger partial charge in [-0.1, -0.05) is 18.2 Å². The molecule has 7 heteroatoms. The summed E-state index contributed by atoms with van der Waals surface area (Å²) in [5.41, 5.74) is 6.49. The average Bonchev–Trinajstić information content (AvgIpc) is 2.76. The molecule has 0 radical (unpaired) electrons. The van der Waals surface area contributed by atoms with Gasteiger partial charge < -0.3 is 5.73 Å². The minimum absolute atomic E-state index is 0.151. The molecule has 1 aromatic carbocycles. The third-order valence-corrected chi connectivity index (χ3v) is 5.93. The minimum atomic E-state index is -3.18. The highest BCUT2D eigenvalue weighted by Crippen LogP contribution is 2.24. The number of hydrogen-bond donors (Lipinski definition) is 1. The fourth-order valence-corrected chi connectivity index (χ4v) is 4.63. The fourth-order valence-electron chi connectivity index (χ4n) is 2.37. The van der Waals surface area contributed by atoms with Crippen LogP contribution in [0.4, 0.5) is 5.13 Å². The first-order valence-corrected chi connectivity index (χ1v) is 8.75. The van der Waals surface area contributed by atoms with Crippen LogP contribution in [0.1, 0.15) is 10.4 Å². The second kappa shape index (κ2) is 5.16. The van der Waals surface area contributed by atoms with Crippen molar-refractivity contribution < 1.29 is 8.42 Å². The van der Waals surface area contributed by atoms with Crippen LogP contribution in [-0.2, 0) is 22.9 Å². The molecule has 0 unspecified atom stereocenters. The molecule has 106 valence electrons. The number of anilines is 1. The number of sulfone groups is 1. The van der Waals surface area contributed by atoms with Crippen molar-refractivity contribution in [1.29, 1.82) is 0 Å². The van der Waals surface area contributed by atoms with Gasteiger partial charge in [-0.3, -0.25) is 4.90 Å². The van der Waals surface area contributed by atoms with E-state index in [1.54, 1.807) is 18.3 Å². The molecular weight excluding hydrogens is 294 g/mol. The lowest BCUT2D eigenvalue weighted by molar-refractivity contribution is 0.276. The molecule has 5 nitrogen and oxygen atoms in total. The van der Waals surface area contributed by atoms with Crippen LogP contribution in [0.5, 0.6) is 0 Å². The molecule has 0 bridgehead atoms. The van der Waals surface area contributed by atoms with E-state index in [0.717, 1.165) is 10.4 Å². The summed E-state index contributed by atoms with van der Waals surface area (Å²) in [5, 5.41) is 0.544. The molecule has 1 aromatic heterocycles. The molecule has 2 N–H and O–H groups in total. The van der Waals surface area contributed by atoms with Crippen LogP contribution in [0.15, 0.2) is 35.4 Å². The Balaban J connectivity index is 1.88. The van der Waals surface area contributed by atoms with Crippen molar-refractivity contribution in [2.24, 2.45) is 0 Å². The summed E-state index contributed by atoms with van der Waals surface area (Å²) in [7, 11) is -3.18. The van der Waals surface area contributed by atoms with Crippen molar-refractivity contribution in [1.82, 2.24) is 9.88 Å². The van der Waals surface area contributed by atoms with Gasteiger partial charge in [-0.15, -0.1) is 11.3 Å². The molecule has 20 heavy (non-hydrogen) atoms. The van der Waals surface area contributed by atoms with E-state index in [0.29, 0.717) is 29.7 Å². The van der Waals surface area contributed by atoms with Crippen molar-refractivity contribution in [2.45, 2.75) is 18.0 Å². The Morgan fingerprint density at radius 1 is 1.35 bits per heavy atom. The quantitative estimate of drug-likeness (QED) is 0.910. The van der Waals surface area contributed by atoms with E-state index in [2.05, 4.69) is 9.88 Å². The molecule has 0 saturated carbocycles. The summed E-state index contributed by atoms with van der Waals surface area (Å²) in [6.07, 6.45) is 1.76. The molecule has 2 heterocycles. The Bertz CT molecular complexity index is 725. The highest BCUT2D eigenvalue weighted by molar-refractivity contribution is 7.91. The second-order valence-corrected chi connectivity index (χ2v) is 8.03. The van der Waals surface area contributed by atoms with Crippen molar-refractivity contribution in [3.05, 3.63) is 40.9 Å². The zero-order valence-electron chi connectivity index (χ0n) is 10.8. The summed E-state index contributed by atoms with van der Waals surface area (Å²) in [4.78, 5) is 7.67. The van der Waals surface area contributed by atoms with Crippen LogP contribution in [-0.4, -0.2) is 30.6 Å². The molecule has 1 aliphatic heterocycles. The van der Waals surface area contributed by atoms with Gasteiger partial charge in [-0.25, -0.2) is 13.4 Å². The number of rotatable bonds is 2. The standard InChI is InChI=1S/C13H15N3O2S2/c14-13-15-7-11(19-13)9-16-5-6-20(17,18)12-4-2-1-3-10(12)8-16/h1-4,7H,5-6,8-9H2,(H2,14,15). The summed E-state index contributed by atoms with van der Waals surface area (Å²) in [5.74, 6) is 0.151. The molecule has 0 atom stereocenters. The van der Waals surface area contributed by atoms with E-state index in [1.807, 2.05) is 12.1 Å². The molecule has 0 aliphatic carbocycles. The Kier molecular flexibility index (Phi) is 3.49. The fraction of sp³-hybridized carbons (Fsp3) is 0.308. The highest BCUT2D eigenvalue weighted by atomic mass is 32.2. The average molecular weight is 309 g/mol. The van der Waals surface area contributed by atoms with Crippen molar-refractivity contribution in [2.75, 3.05) is 18.0 Å². The minimum Gasteiger partial charge on any atom is -0.375 e. The number of fused-ring (bicyclic) bond motifs is 1. The van der Waals surface area contributed by atoms with Gasteiger partial charge in [0.1, 0.15) is 0 Å². The van der Waals surface area contributed by atoms with Gasteiger partial charge in [-0.2, -0.15) is 0 Å². The van der Waals surface area contributed by atoms with E-state index in [-0.39, 0.29) is 5.75 Å². The van der Waals surface area contributed by atoms with E-state index < -0.39 is 9.84 Å². The Hall–Kier alpha value is -1.44. The number of thiazole rings is 1. The van der Waals surface area contributed by atoms with Crippen LogP contribution in [0.3, 0.4) is 0 Å². The molecule has 0 amide bonds. The van der Waals surface area contributed by atoms with E-state index >= 15 is 0 Å². The van der Waals surface area contributed by atoms with E-state index in [9.17, 15) is 8.42 Å². The topological polar surface area (TPSA) is 76.3 Å². The van der Waals surface area contributed by atoms with Crippen LogP contribution in [0, 0.1) is 0 Å². The van der Waals surface area contributed by atoms with Crippen molar-refractivity contribution >= 4 is 26.3 Å². The van der Waals surface area contributed by atoms with Gasteiger partial charge in [0.15, 0.2) is 15.0 Å². The highest BCUT2D eigenvalue weighted by Gasteiger charge is 2.25. The third-order valence-electron chi connectivity index (χ3n) is 3.33. The maximum atomic E-state index is 12.2. The van der Waals surface area contributed by atoms with Crippen LogP contribution < -0.4 is 5.73 Å². The smallest absolute Gasteiger partial charge is 0.180 e. The lowest BCUT2D eigenvalue weighted by Crippen LogP contribution is -2.25. The summed E-state index contributed by atoms with van der Waals surface area (Å²) < 4.78 is 24.5. The Labute approximate surface area is 122 Å². The SMILES string of the molecule is Nc1ncc(CN2CCS(=O)(=O)c3ccccc3C2)s1. The van der Waals surface area contributed by atoms with E-state index in [1.165, 1.54) is 11.3 Å². The normalized spacial score (nSPS) is 18.4. The molecule has 3 rings (SSSR count). The molecular formula is C13H15N3O2S2. The number of benzene rings is 1. The van der Waals surface area contributed by atoms with E-state index in [4.69, 9.17) is 5.73 Å². The molecule has 0 fully saturated rings. The maximum absolute atomic E-state index is 12.2. The summed E-state index contributed by atoms with van der Waals surface area (Å²) in [6.45, 7) is 1.83. The number of nitrogens with zero attached hydrogens (tertiary/aromatic N) is 2. The predicted molar refractivity (Wildman–Crippen MR) is 79.1 cm³/mol. The number of nitrogen functional groups attached to an aromatic ring is 1. The largest absolute Gasteiger partial charge is 0.375 e. The van der Waals surface area contributed by atoms with Crippen molar-refractivity contribution in [3.63, 3.8) is 0 Å². The van der Waals surface area contributed by atoms with Crippen molar-refractivity contribution in [3.8, 4) is 0 Å². The zero-order valence-corrected chi connectivity index (χ0v) is 12.5. The van der Waals surface area contributed by atoms with Crippen LogP contribution in [0.2, 0.25) is 0 Å². The lowest BCUT2D eigenvalue weighted by Gasteiger charge is -2.18. The van der Waals surface area contributed by atoms with Gasteiger partial charge in [-0.05, 0) is 11.6 Å². The lowest BCUT2D eigenvalue weighted by atomic mass is 10.2. The molecule has 0 spiro atoms. The first kappa shape index (κ1) is 13.5. The zero-order chi connectivity index (χ0) is 14.2. The predicted octanol–water partition coefficient (Wildman–Crippen LogP) is 1.51. The molecule has 0 saturated heterocycles. The first-order valence-electron chi connectivity index (χ1n) is 6.28. The number of hydrogen-bond acceptors (Lipinski definition) is 6.